The molecule has 1 saturated heterocycles. The first-order valence-corrected chi connectivity index (χ1v) is 8.08. The van der Waals surface area contributed by atoms with Crippen molar-refractivity contribution in [2.24, 2.45) is 5.92 Å². The number of benzene rings is 1. The van der Waals surface area contributed by atoms with E-state index in [0.29, 0.717) is 5.92 Å². The summed E-state index contributed by atoms with van der Waals surface area (Å²) in [5, 5.41) is 2.99. The summed E-state index contributed by atoms with van der Waals surface area (Å²) >= 11 is 0. The van der Waals surface area contributed by atoms with Crippen molar-refractivity contribution in [2.75, 3.05) is 18.4 Å². The van der Waals surface area contributed by atoms with Crippen LogP contribution >= 0.6 is 0 Å². The van der Waals surface area contributed by atoms with Crippen LogP contribution in [-0.2, 0) is 4.79 Å². The van der Waals surface area contributed by atoms with Gasteiger partial charge in [0, 0.05) is 18.2 Å². The largest absolute Gasteiger partial charge is 0.326 e. The van der Waals surface area contributed by atoms with Gasteiger partial charge in [-0.2, -0.15) is 0 Å². The van der Waals surface area contributed by atoms with Gasteiger partial charge in [-0.15, -0.1) is 0 Å². The summed E-state index contributed by atoms with van der Waals surface area (Å²) in [6.45, 7) is 10.6. The molecule has 21 heavy (non-hydrogen) atoms. The molecule has 1 fully saturated rings. The minimum atomic E-state index is 0.0153. The van der Waals surface area contributed by atoms with Crippen LogP contribution in [0.2, 0.25) is 0 Å². The number of hydrogen-bond donors (Lipinski definition) is 1. The van der Waals surface area contributed by atoms with Crippen molar-refractivity contribution >= 4 is 11.6 Å². The topological polar surface area (TPSA) is 32.3 Å². The Morgan fingerprint density at radius 1 is 1.38 bits per heavy atom. The van der Waals surface area contributed by atoms with Crippen LogP contribution in [0, 0.1) is 12.5 Å². The first-order chi connectivity index (χ1) is 10.1. The minimum absolute atomic E-state index is 0.0153. The van der Waals surface area contributed by atoms with E-state index in [0.717, 1.165) is 25.2 Å². The zero-order valence-corrected chi connectivity index (χ0v) is 13.4. The lowest BCUT2D eigenvalue weighted by molar-refractivity contribution is -0.118. The normalized spacial score (nSPS) is 17.1. The standard InChI is InChI=1S/C18H27N2O/c1-4-10-20-11-8-15(9-12-20)16-6-5-7-17(13-16)19-18(21)14(2)3/h5-7,10,13-15H,4,8-9,11-12H2,1-3H3,(H,19,21). The third kappa shape index (κ3) is 4.57. The summed E-state index contributed by atoms with van der Waals surface area (Å²) in [6.07, 6.45) is 3.50. The average molecular weight is 287 g/mol. The first-order valence-electron chi connectivity index (χ1n) is 8.08. The molecule has 1 aromatic carbocycles. The number of anilines is 1. The van der Waals surface area contributed by atoms with Crippen LogP contribution in [-0.4, -0.2) is 23.9 Å². The Morgan fingerprint density at radius 3 is 2.71 bits per heavy atom. The molecule has 0 aromatic heterocycles. The Hall–Kier alpha value is -1.35. The van der Waals surface area contributed by atoms with Gasteiger partial charge in [0.15, 0.2) is 0 Å². The van der Waals surface area contributed by atoms with Crippen molar-refractivity contribution < 1.29 is 4.79 Å². The molecule has 1 heterocycles. The number of carbonyl (C=O) groups is 1. The van der Waals surface area contributed by atoms with E-state index >= 15 is 0 Å². The van der Waals surface area contributed by atoms with Gasteiger partial charge in [-0.25, -0.2) is 0 Å². The number of carbonyl (C=O) groups excluding carboxylic acids is 1. The average Bonchev–Trinajstić information content (AvgIpc) is 2.48. The van der Waals surface area contributed by atoms with Gasteiger partial charge in [0.2, 0.25) is 5.91 Å². The molecule has 0 atom stereocenters. The Morgan fingerprint density at radius 2 is 2.10 bits per heavy atom. The third-order valence-corrected chi connectivity index (χ3v) is 4.12. The number of nitrogens with one attached hydrogen (secondary N) is 1. The zero-order valence-electron chi connectivity index (χ0n) is 13.4. The summed E-state index contributed by atoms with van der Waals surface area (Å²) in [5.41, 5.74) is 2.28. The lowest BCUT2D eigenvalue weighted by Crippen LogP contribution is -2.30. The maximum atomic E-state index is 11.8. The van der Waals surface area contributed by atoms with Gasteiger partial charge >= 0.3 is 0 Å². The van der Waals surface area contributed by atoms with Gasteiger partial charge in [-0.1, -0.05) is 32.9 Å². The van der Waals surface area contributed by atoms with E-state index in [9.17, 15) is 4.79 Å². The van der Waals surface area contributed by atoms with Crippen LogP contribution in [0.1, 0.15) is 51.5 Å². The molecular formula is C18H27N2O. The van der Waals surface area contributed by atoms with Gasteiger partial charge in [0.05, 0.1) is 0 Å². The summed E-state index contributed by atoms with van der Waals surface area (Å²) in [7, 11) is 0. The number of hydrogen-bond acceptors (Lipinski definition) is 2. The summed E-state index contributed by atoms with van der Waals surface area (Å²) < 4.78 is 0. The fourth-order valence-corrected chi connectivity index (χ4v) is 2.83. The highest BCUT2D eigenvalue weighted by Crippen LogP contribution is 2.30. The smallest absolute Gasteiger partial charge is 0.226 e. The molecule has 1 radical (unpaired) electrons. The second-order valence-corrected chi connectivity index (χ2v) is 6.17. The summed E-state index contributed by atoms with van der Waals surface area (Å²) in [5.74, 6) is 0.711. The van der Waals surface area contributed by atoms with E-state index in [-0.39, 0.29) is 11.8 Å². The molecule has 1 N–H and O–H groups in total. The van der Waals surface area contributed by atoms with E-state index in [1.54, 1.807) is 0 Å². The minimum Gasteiger partial charge on any atom is -0.326 e. The van der Waals surface area contributed by atoms with Crippen molar-refractivity contribution in [3.05, 3.63) is 36.4 Å². The lowest BCUT2D eigenvalue weighted by atomic mass is 9.89. The molecule has 0 spiro atoms. The molecule has 1 aliphatic heterocycles. The van der Waals surface area contributed by atoms with E-state index in [2.05, 4.69) is 41.9 Å². The predicted molar refractivity (Wildman–Crippen MR) is 88.0 cm³/mol. The van der Waals surface area contributed by atoms with Crippen LogP contribution in [0.15, 0.2) is 24.3 Å². The van der Waals surface area contributed by atoms with Crippen LogP contribution in [0.4, 0.5) is 5.69 Å². The Bertz CT molecular complexity index is 462. The predicted octanol–water partition coefficient (Wildman–Crippen LogP) is 4.03. The molecule has 3 heteroatoms. The molecule has 0 bridgehead atoms. The van der Waals surface area contributed by atoms with Gasteiger partial charge in [-0.3, -0.25) is 9.69 Å². The van der Waals surface area contributed by atoms with E-state index < -0.39 is 0 Å². The lowest BCUT2D eigenvalue weighted by Gasteiger charge is -2.31. The van der Waals surface area contributed by atoms with Crippen LogP contribution in [0.3, 0.4) is 0 Å². The highest BCUT2D eigenvalue weighted by Gasteiger charge is 2.20. The molecule has 115 valence electrons. The Labute approximate surface area is 128 Å². The van der Waals surface area contributed by atoms with Crippen molar-refractivity contribution in [2.45, 2.75) is 46.0 Å². The first kappa shape index (κ1) is 16.0. The monoisotopic (exact) mass is 287 g/mol. The quantitative estimate of drug-likeness (QED) is 0.886. The van der Waals surface area contributed by atoms with Crippen LogP contribution < -0.4 is 5.32 Å². The van der Waals surface area contributed by atoms with Crippen molar-refractivity contribution in [1.82, 2.24) is 4.90 Å². The Balaban J connectivity index is 1.97. The summed E-state index contributed by atoms with van der Waals surface area (Å²) in [6, 6.07) is 8.36. The number of rotatable bonds is 5. The van der Waals surface area contributed by atoms with Gasteiger partial charge < -0.3 is 5.32 Å². The molecule has 2 rings (SSSR count). The van der Waals surface area contributed by atoms with Crippen molar-refractivity contribution in [3.63, 3.8) is 0 Å². The van der Waals surface area contributed by atoms with Gasteiger partial charge in [-0.05, 0) is 56.0 Å². The number of nitrogens with zero attached hydrogens (tertiary/aromatic N) is 1. The Kier molecular flexibility index (Phi) is 5.80. The maximum Gasteiger partial charge on any atom is 0.226 e. The molecule has 1 aromatic rings. The highest BCUT2D eigenvalue weighted by molar-refractivity contribution is 5.92. The van der Waals surface area contributed by atoms with Crippen LogP contribution in [0.25, 0.3) is 0 Å². The second kappa shape index (κ2) is 7.60. The third-order valence-electron chi connectivity index (χ3n) is 4.12. The fraction of sp³-hybridized carbons (Fsp3) is 0.556. The maximum absolute atomic E-state index is 11.8. The SMILES string of the molecule is CC[CH]N1CCC(c2cccc(NC(=O)C(C)C)c2)CC1. The summed E-state index contributed by atoms with van der Waals surface area (Å²) in [4.78, 5) is 14.2. The molecule has 0 saturated carbocycles. The number of amides is 1. The van der Waals surface area contributed by atoms with Crippen LogP contribution in [0.5, 0.6) is 0 Å². The van der Waals surface area contributed by atoms with E-state index in [1.807, 2.05) is 19.9 Å². The van der Waals surface area contributed by atoms with Gasteiger partial charge in [0.1, 0.15) is 0 Å². The van der Waals surface area contributed by atoms with E-state index in [4.69, 9.17) is 0 Å². The molecule has 0 unspecified atom stereocenters. The molecule has 3 nitrogen and oxygen atoms in total. The molecule has 0 aliphatic carbocycles. The van der Waals surface area contributed by atoms with E-state index in [1.165, 1.54) is 18.4 Å². The molecule has 1 aliphatic rings. The van der Waals surface area contributed by atoms with Crippen molar-refractivity contribution in [3.8, 4) is 0 Å². The van der Waals surface area contributed by atoms with Gasteiger partial charge in [0.25, 0.3) is 0 Å². The fourth-order valence-electron chi connectivity index (χ4n) is 2.83. The zero-order chi connectivity index (χ0) is 15.2. The number of likely N-dealkylation sites (tertiary alicyclic amines) is 1. The second-order valence-electron chi connectivity index (χ2n) is 6.17. The molecule has 1 amide bonds. The molecular weight excluding hydrogens is 260 g/mol. The number of piperidine rings is 1. The highest BCUT2D eigenvalue weighted by atomic mass is 16.1. The van der Waals surface area contributed by atoms with Crippen molar-refractivity contribution in [1.29, 1.82) is 0 Å².